The maximum Gasteiger partial charge on any atom is 0.514 e. The summed E-state index contributed by atoms with van der Waals surface area (Å²) in [6, 6.07) is 7.50. The maximum atomic E-state index is 15.5. The summed E-state index contributed by atoms with van der Waals surface area (Å²) in [4.78, 5) is 0. The van der Waals surface area contributed by atoms with Gasteiger partial charge in [-0.15, -0.1) is 0 Å². The summed E-state index contributed by atoms with van der Waals surface area (Å²) in [7, 11) is -1.02. The standard InChI is InChI=1S/C23H29BF4N2O2/c1-20(2)21(3,4)32-24(31-20)19-15-18(23(26,27)28)29-30(19)17-11-9-16(10-12-17)22(25)13-7-5-6-8-14-22/h9-12,15H,5-8,13-14H2,1-4H3. The molecule has 1 aromatic heterocycles. The van der Waals surface area contributed by atoms with E-state index in [-0.39, 0.29) is 5.59 Å². The van der Waals surface area contributed by atoms with E-state index in [2.05, 4.69) is 5.10 Å². The number of alkyl halides is 4. The molecule has 2 fully saturated rings. The highest BCUT2D eigenvalue weighted by atomic mass is 19.4. The Kier molecular flexibility index (Phi) is 5.73. The SMILES string of the molecule is CC1(C)OB(c2cc(C(F)(F)F)nn2-c2ccc(C3(F)CCCCCC3)cc2)OC1(C)C. The quantitative estimate of drug-likeness (QED) is 0.340. The Balaban J connectivity index is 1.71. The van der Waals surface area contributed by atoms with Gasteiger partial charge in [-0.25, -0.2) is 9.07 Å². The first-order valence-electron chi connectivity index (χ1n) is 11.2. The molecule has 4 rings (SSSR count). The van der Waals surface area contributed by atoms with E-state index >= 15 is 4.39 Å². The molecule has 1 aliphatic carbocycles. The van der Waals surface area contributed by atoms with Crippen LogP contribution < -0.4 is 5.59 Å². The van der Waals surface area contributed by atoms with Gasteiger partial charge in [0, 0.05) is 0 Å². The number of halogens is 4. The van der Waals surface area contributed by atoms with Crippen molar-refractivity contribution in [3.8, 4) is 5.69 Å². The van der Waals surface area contributed by atoms with Gasteiger partial charge in [0.05, 0.1) is 22.5 Å². The molecule has 2 aromatic rings. The summed E-state index contributed by atoms with van der Waals surface area (Å²) < 4.78 is 69.1. The zero-order valence-electron chi connectivity index (χ0n) is 18.9. The fourth-order valence-electron chi connectivity index (χ4n) is 4.35. The second kappa shape index (κ2) is 7.87. The van der Waals surface area contributed by atoms with Crippen molar-refractivity contribution in [2.45, 2.75) is 89.3 Å². The molecule has 0 unspecified atom stereocenters. The minimum absolute atomic E-state index is 0.146. The van der Waals surface area contributed by atoms with E-state index in [1.165, 1.54) is 4.68 Å². The number of hydrogen-bond donors (Lipinski definition) is 0. The lowest BCUT2D eigenvalue weighted by Crippen LogP contribution is -2.41. The highest BCUT2D eigenvalue weighted by Crippen LogP contribution is 2.40. The molecular formula is C23H29BF4N2O2. The van der Waals surface area contributed by atoms with E-state index in [9.17, 15) is 13.2 Å². The molecule has 2 heterocycles. The monoisotopic (exact) mass is 452 g/mol. The van der Waals surface area contributed by atoms with Crippen molar-refractivity contribution in [2.24, 2.45) is 0 Å². The number of aromatic nitrogens is 2. The largest absolute Gasteiger partial charge is 0.514 e. The van der Waals surface area contributed by atoms with Gasteiger partial charge in [0.1, 0.15) is 5.67 Å². The molecule has 0 spiro atoms. The molecule has 1 aromatic carbocycles. The Morgan fingerprint density at radius 1 is 0.906 bits per heavy atom. The van der Waals surface area contributed by atoms with E-state index in [1.807, 2.05) is 27.7 Å². The van der Waals surface area contributed by atoms with Crippen molar-refractivity contribution < 1.29 is 26.9 Å². The van der Waals surface area contributed by atoms with Gasteiger partial charge in [-0.3, -0.25) is 0 Å². The molecule has 0 bridgehead atoms. The van der Waals surface area contributed by atoms with Crippen LogP contribution >= 0.6 is 0 Å². The maximum absolute atomic E-state index is 15.5. The van der Waals surface area contributed by atoms with E-state index in [4.69, 9.17) is 9.31 Å². The predicted molar refractivity (Wildman–Crippen MR) is 115 cm³/mol. The topological polar surface area (TPSA) is 36.3 Å². The van der Waals surface area contributed by atoms with E-state index in [0.717, 1.165) is 31.7 Å². The third-order valence-corrected chi connectivity index (χ3v) is 7.05. The van der Waals surface area contributed by atoms with E-state index < -0.39 is 35.9 Å². The van der Waals surface area contributed by atoms with Gasteiger partial charge >= 0.3 is 13.3 Å². The van der Waals surface area contributed by atoms with Crippen LogP contribution in [0.25, 0.3) is 5.69 Å². The van der Waals surface area contributed by atoms with Gasteiger partial charge in [0.2, 0.25) is 0 Å². The van der Waals surface area contributed by atoms with Crippen molar-refractivity contribution in [1.29, 1.82) is 0 Å². The summed E-state index contributed by atoms with van der Waals surface area (Å²) in [6.45, 7) is 7.34. The fourth-order valence-corrected chi connectivity index (χ4v) is 4.35. The molecule has 0 atom stereocenters. The number of benzene rings is 1. The summed E-state index contributed by atoms with van der Waals surface area (Å²) >= 11 is 0. The first kappa shape index (κ1) is 23.3. The minimum atomic E-state index is -4.62. The zero-order valence-corrected chi connectivity index (χ0v) is 18.9. The van der Waals surface area contributed by atoms with Gasteiger partial charge in [0.25, 0.3) is 0 Å². The molecule has 174 valence electrons. The first-order valence-corrected chi connectivity index (χ1v) is 11.2. The lowest BCUT2D eigenvalue weighted by Gasteiger charge is -2.32. The van der Waals surface area contributed by atoms with Gasteiger partial charge in [-0.1, -0.05) is 25.0 Å². The molecule has 0 N–H and O–H groups in total. The molecule has 1 saturated carbocycles. The van der Waals surface area contributed by atoms with Gasteiger partial charge < -0.3 is 9.31 Å². The molecule has 4 nitrogen and oxygen atoms in total. The van der Waals surface area contributed by atoms with Crippen molar-refractivity contribution in [3.63, 3.8) is 0 Å². The van der Waals surface area contributed by atoms with Gasteiger partial charge in [0.15, 0.2) is 5.69 Å². The Morgan fingerprint density at radius 2 is 1.44 bits per heavy atom. The third kappa shape index (κ3) is 4.21. The fraction of sp³-hybridized carbons (Fsp3) is 0.609. The van der Waals surface area contributed by atoms with Crippen LogP contribution in [0.2, 0.25) is 0 Å². The van der Waals surface area contributed by atoms with Crippen LogP contribution in [0.3, 0.4) is 0 Å². The van der Waals surface area contributed by atoms with Crippen molar-refractivity contribution in [1.82, 2.24) is 9.78 Å². The van der Waals surface area contributed by atoms with Gasteiger partial charge in [-0.2, -0.15) is 18.3 Å². The van der Waals surface area contributed by atoms with Crippen LogP contribution in [0.5, 0.6) is 0 Å². The molecule has 0 radical (unpaired) electrons. The van der Waals surface area contributed by atoms with Crippen molar-refractivity contribution in [3.05, 3.63) is 41.6 Å². The van der Waals surface area contributed by atoms with Crippen molar-refractivity contribution >= 4 is 12.7 Å². The van der Waals surface area contributed by atoms with Crippen LogP contribution in [-0.2, 0) is 21.2 Å². The summed E-state index contributed by atoms with van der Waals surface area (Å²) in [5.41, 5.74) is -2.75. The first-order chi connectivity index (χ1) is 14.8. The van der Waals surface area contributed by atoms with Crippen LogP contribution in [-0.4, -0.2) is 28.1 Å². The molecule has 1 aliphatic heterocycles. The lowest BCUT2D eigenvalue weighted by molar-refractivity contribution is -0.141. The zero-order chi connectivity index (χ0) is 23.4. The lowest BCUT2D eigenvalue weighted by atomic mass is 9.84. The van der Waals surface area contributed by atoms with Gasteiger partial charge in [-0.05, 0) is 77.1 Å². The summed E-state index contributed by atoms with van der Waals surface area (Å²) in [5, 5.41) is 3.80. The van der Waals surface area contributed by atoms with Crippen molar-refractivity contribution in [2.75, 3.05) is 0 Å². The molecule has 32 heavy (non-hydrogen) atoms. The average molecular weight is 452 g/mol. The Labute approximate surface area is 186 Å². The molecule has 1 saturated heterocycles. The smallest absolute Gasteiger partial charge is 0.398 e. The van der Waals surface area contributed by atoms with E-state index in [0.29, 0.717) is 24.1 Å². The molecular weight excluding hydrogens is 423 g/mol. The second-order valence-electron chi connectivity index (χ2n) is 9.88. The number of hydrogen-bond acceptors (Lipinski definition) is 3. The summed E-state index contributed by atoms with van der Waals surface area (Å²) in [5.74, 6) is 0. The van der Waals surface area contributed by atoms with Crippen LogP contribution in [0.1, 0.15) is 77.5 Å². The third-order valence-electron chi connectivity index (χ3n) is 7.05. The van der Waals surface area contributed by atoms with Crippen LogP contribution in [0.4, 0.5) is 17.6 Å². The predicted octanol–water partition coefficient (Wildman–Crippen LogP) is 5.71. The average Bonchev–Trinajstić information content (AvgIpc) is 3.15. The second-order valence-corrected chi connectivity index (χ2v) is 9.88. The number of rotatable bonds is 3. The molecule has 9 heteroatoms. The Morgan fingerprint density at radius 3 is 1.94 bits per heavy atom. The highest BCUT2D eigenvalue weighted by Gasteiger charge is 2.53. The normalized spacial score (nSPS) is 22.7. The highest BCUT2D eigenvalue weighted by molar-refractivity contribution is 6.61. The van der Waals surface area contributed by atoms with Crippen LogP contribution in [0.15, 0.2) is 30.3 Å². The molecule has 0 amide bonds. The Bertz CT molecular complexity index is 945. The number of nitrogens with zero attached hydrogens (tertiary/aromatic N) is 2. The minimum Gasteiger partial charge on any atom is -0.398 e. The summed E-state index contributed by atoms with van der Waals surface area (Å²) in [6.07, 6.45) is 0.0181. The van der Waals surface area contributed by atoms with E-state index in [1.54, 1.807) is 24.3 Å². The van der Waals surface area contributed by atoms with Crippen LogP contribution in [0, 0.1) is 0 Å². The molecule has 2 aliphatic rings. The Hall–Kier alpha value is -1.87.